The molecule has 0 aliphatic rings. The molecule has 0 aliphatic carbocycles. The van der Waals surface area contributed by atoms with Crippen LogP contribution in [0.25, 0.3) is 0 Å². The van der Waals surface area contributed by atoms with Crippen LogP contribution >= 0.6 is 0 Å². The molecular weight excluding hydrogens is 97.0 g/mol. The molecule has 0 aromatic heterocycles. The van der Waals surface area contributed by atoms with Crippen molar-refractivity contribution in [2.45, 2.75) is 19.1 Å². The topological polar surface area (TPSA) is 46.2 Å². The van der Waals surface area contributed by atoms with E-state index < -0.39 is 18.8 Å². The fourth-order valence-corrected chi connectivity index (χ4v) is 0.166. The Morgan fingerprint density at radius 3 is 2.29 bits per heavy atom. The first-order valence-electron chi connectivity index (χ1n) is 2.19. The molecule has 0 rings (SSSR count). The maximum Gasteiger partial charge on any atom is 0.138 e. The van der Waals surface area contributed by atoms with E-state index in [9.17, 15) is 4.39 Å². The van der Waals surface area contributed by atoms with E-state index in [1.807, 2.05) is 0 Å². The van der Waals surface area contributed by atoms with Gasteiger partial charge in [0, 0.05) is 6.04 Å². The molecule has 0 aliphatic heterocycles. The predicted octanol–water partition coefficient (Wildman–Crippen LogP) is -0.336. The molecule has 0 fully saturated rings. The summed E-state index contributed by atoms with van der Waals surface area (Å²) in [6.45, 7) is 1.04. The summed E-state index contributed by atoms with van der Waals surface area (Å²) in [7, 11) is 0. The molecule has 3 N–H and O–H groups in total. The molecule has 0 heterocycles. The summed E-state index contributed by atoms with van der Waals surface area (Å²) in [4.78, 5) is 0. The maximum atomic E-state index is 11.9. The number of aliphatic hydroxyl groups is 1. The highest BCUT2D eigenvalue weighted by Gasteiger charge is 2.07. The lowest BCUT2D eigenvalue weighted by molar-refractivity contribution is 0.160. The van der Waals surface area contributed by atoms with Crippen molar-refractivity contribution in [3.8, 4) is 0 Å². The van der Waals surface area contributed by atoms with E-state index >= 15 is 0 Å². The molecule has 0 amide bonds. The summed E-state index contributed by atoms with van der Waals surface area (Å²) in [5.41, 5.74) is 5.01. The Kier molecular flexibility index (Phi) is 2.87. The normalized spacial score (nSPS) is 18.9. The van der Waals surface area contributed by atoms with Crippen molar-refractivity contribution in [3.63, 3.8) is 0 Å². The van der Waals surface area contributed by atoms with Gasteiger partial charge in [-0.05, 0) is 6.92 Å². The number of nitrogens with two attached hydrogens (primary N) is 1. The lowest BCUT2D eigenvalue weighted by Crippen LogP contribution is -2.30. The first kappa shape index (κ1) is 6.85. The quantitative estimate of drug-likeness (QED) is 0.507. The summed E-state index contributed by atoms with van der Waals surface area (Å²) in [6, 6.07) is -0.551. The van der Waals surface area contributed by atoms with Crippen LogP contribution in [0.2, 0.25) is 0 Å². The second kappa shape index (κ2) is 2.93. The van der Waals surface area contributed by atoms with Gasteiger partial charge in [-0.3, -0.25) is 0 Å². The number of halogens is 1. The highest BCUT2D eigenvalue weighted by molar-refractivity contribution is 4.63. The maximum absolute atomic E-state index is 11.9. The summed E-state index contributed by atoms with van der Waals surface area (Å²) in [5.74, 6) is 0. The highest BCUT2D eigenvalue weighted by Crippen LogP contribution is 1.91. The van der Waals surface area contributed by atoms with Crippen molar-refractivity contribution >= 4 is 0 Å². The van der Waals surface area contributed by atoms with Crippen molar-refractivity contribution in [2.24, 2.45) is 5.73 Å². The van der Waals surface area contributed by atoms with Crippen molar-refractivity contribution in [1.29, 1.82) is 0 Å². The first-order chi connectivity index (χ1) is 3.18. The molecule has 0 radical (unpaired) electrons. The molecule has 0 aromatic carbocycles. The monoisotopic (exact) mass is 107 g/mol. The minimum absolute atomic E-state index is 0.475. The Labute approximate surface area is 42.1 Å². The van der Waals surface area contributed by atoms with Crippen molar-refractivity contribution in [3.05, 3.63) is 0 Å². The van der Waals surface area contributed by atoms with E-state index in [0.29, 0.717) is 0 Å². The largest absolute Gasteiger partial charge is 0.393 e. The molecular formula is C4H10FNO. The average Bonchev–Trinajstić information content (AvgIpc) is 1.65. The van der Waals surface area contributed by atoms with E-state index in [0.717, 1.165) is 0 Å². The van der Waals surface area contributed by atoms with Crippen LogP contribution in [-0.2, 0) is 0 Å². The summed E-state index contributed by atoms with van der Waals surface area (Å²) >= 11 is 0. The number of rotatable bonds is 2. The molecule has 44 valence electrons. The van der Waals surface area contributed by atoms with Crippen LogP contribution in [0, 0.1) is 0 Å². The van der Waals surface area contributed by atoms with Gasteiger partial charge in [0.2, 0.25) is 0 Å². The summed E-state index contributed by atoms with van der Waals surface area (Å²) in [5, 5.41) is 8.05. The van der Waals surface area contributed by atoms with Gasteiger partial charge in [0.25, 0.3) is 0 Å². The zero-order chi connectivity index (χ0) is 5.86. The van der Waals surface area contributed by atoms with Gasteiger partial charge in [-0.1, -0.05) is 0 Å². The third kappa shape index (κ3) is 2.53. The van der Waals surface area contributed by atoms with Crippen LogP contribution in [-0.4, -0.2) is 23.9 Å². The van der Waals surface area contributed by atoms with Crippen molar-refractivity contribution in [2.75, 3.05) is 6.61 Å². The van der Waals surface area contributed by atoms with Gasteiger partial charge < -0.3 is 10.8 Å². The van der Waals surface area contributed by atoms with Gasteiger partial charge in [-0.2, -0.15) is 0 Å². The molecule has 2 unspecified atom stereocenters. The van der Waals surface area contributed by atoms with Gasteiger partial charge in [0.1, 0.15) is 6.17 Å². The number of hydrogen-bond acceptors (Lipinski definition) is 2. The number of hydrogen-bond donors (Lipinski definition) is 2. The average molecular weight is 107 g/mol. The third-order valence-electron chi connectivity index (χ3n) is 0.745. The lowest BCUT2D eigenvalue weighted by Gasteiger charge is -2.05. The standard InChI is InChI=1S/C4H10FNO/c1-3(6)4(5)2-7/h3-4,7H,2,6H2,1H3. The third-order valence-corrected chi connectivity index (χ3v) is 0.745. The molecule has 0 saturated heterocycles. The number of alkyl halides is 1. The smallest absolute Gasteiger partial charge is 0.138 e. The Balaban J connectivity index is 3.14. The lowest BCUT2D eigenvalue weighted by atomic mass is 10.2. The first-order valence-corrected chi connectivity index (χ1v) is 2.19. The van der Waals surface area contributed by atoms with Crippen LogP contribution in [0.1, 0.15) is 6.92 Å². The number of aliphatic hydroxyl groups excluding tert-OH is 1. The van der Waals surface area contributed by atoms with Crippen LogP contribution < -0.4 is 5.73 Å². The molecule has 7 heavy (non-hydrogen) atoms. The van der Waals surface area contributed by atoms with Gasteiger partial charge in [-0.25, -0.2) is 4.39 Å². The van der Waals surface area contributed by atoms with Gasteiger partial charge in [-0.15, -0.1) is 0 Å². The van der Waals surface area contributed by atoms with E-state index in [4.69, 9.17) is 10.8 Å². The molecule has 0 aromatic rings. The molecule has 2 nitrogen and oxygen atoms in total. The van der Waals surface area contributed by atoms with Gasteiger partial charge in [0.05, 0.1) is 6.61 Å². The second-order valence-corrected chi connectivity index (χ2v) is 1.56. The fourth-order valence-electron chi connectivity index (χ4n) is 0.166. The molecule has 2 atom stereocenters. The fraction of sp³-hybridized carbons (Fsp3) is 1.00. The minimum atomic E-state index is -1.26. The van der Waals surface area contributed by atoms with Crippen molar-refractivity contribution < 1.29 is 9.50 Å². The predicted molar refractivity (Wildman–Crippen MR) is 25.6 cm³/mol. The van der Waals surface area contributed by atoms with Crippen LogP contribution in [0.15, 0.2) is 0 Å². The Bertz CT molecular complexity index is 49.0. The molecule has 0 spiro atoms. The van der Waals surface area contributed by atoms with E-state index in [-0.39, 0.29) is 0 Å². The van der Waals surface area contributed by atoms with Crippen molar-refractivity contribution in [1.82, 2.24) is 0 Å². The molecule has 0 bridgehead atoms. The molecule has 0 saturated carbocycles. The highest BCUT2D eigenvalue weighted by atomic mass is 19.1. The summed E-state index contributed by atoms with van der Waals surface area (Å²) < 4.78 is 11.9. The van der Waals surface area contributed by atoms with Crippen LogP contribution in [0.3, 0.4) is 0 Å². The second-order valence-electron chi connectivity index (χ2n) is 1.56. The Morgan fingerprint density at radius 2 is 2.29 bits per heavy atom. The van der Waals surface area contributed by atoms with E-state index in [1.54, 1.807) is 0 Å². The minimum Gasteiger partial charge on any atom is -0.393 e. The van der Waals surface area contributed by atoms with Crippen LogP contribution in [0.5, 0.6) is 0 Å². The van der Waals surface area contributed by atoms with E-state index in [1.165, 1.54) is 6.92 Å². The SMILES string of the molecule is CC(N)C(F)CO. The zero-order valence-corrected chi connectivity index (χ0v) is 4.26. The van der Waals surface area contributed by atoms with Crippen LogP contribution in [0.4, 0.5) is 4.39 Å². The Hall–Kier alpha value is -0.150. The Morgan fingerprint density at radius 1 is 1.86 bits per heavy atom. The summed E-state index contributed by atoms with van der Waals surface area (Å²) in [6.07, 6.45) is -1.26. The molecule has 3 heteroatoms. The zero-order valence-electron chi connectivity index (χ0n) is 4.26. The van der Waals surface area contributed by atoms with Gasteiger partial charge in [0.15, 0.2) is 0 Å². The van der Waals surface area contributed by atoms with E-state index in [2.05, 4.69) is 0 Å². The van der Waals surface area contributed by atoms with Gasteiger partial charge >= 0.3 is 0 Å².